The average Bonchev–Trinajstić information content (AvgIpc) is 2.81. The number of benzene rings is 1. The van der Waals surface area contributed by atoms with Gasteiger partial charge in [-0.3, -0.25) is 4.68 Å². The van der Waals surface area contributed by atoms with Crippen molar-refractivity contribution in [2.75, 3.05) is 13.7 Å². The Kier molecular flexibility index (Phi) is 5.26. The van der Waals surface area contributed by atoms with E-state index in [-0.39, 0.29) is 6.04 Å². The van der Waals surface area contributed by atoms with Crippen molar-refractivity contribution in [3.8, 4) is 5.75 Å². The maximum atomic E-state index is 6.32. The summed E-state index contributed by atoms with van der Waals surface area (Å²) in [7, 11) is 3.60. The Bertz CT molecular complexity index is 590. The molecule has 1 heterocycles. The predicted octanol–water partition coefficient (Wildman–Crippen LogP) is 3.48. The fourth-order valence-corrected chi connectivity index (χ4v) is 2.70. The zero-order chi connectivity index (χ0) is 15.4. The van der Waals surface area contributed by atoms with E-state index < -0.39 is 0 Å². The highest BCUT2D eigenvalue weighted by atomic mass is 35.5. The number of nitrogens with one attached hydrogen (secondary N) is 1. The molecule has 1 unspecified atom stereocenters. The maximum absolute atomic E-state index is 6.32. The van der Waals surface area contributed by atoms with Crippen molar-refractivity contribution in [3.05, 3.63) is 46.2 Å². The van der Waals surface area contributed by atoms with Crippen molar-refractivity contribution in [1.29, 1.82) is 0 Å². The molecule has 0 saturated heterocycles. The first-order valence-electron chi connectivity index (χ1n) is 7.13. The molecule has 4 nitrogen and oxygen atoms in total. The molecule has 0 spiro atoms. The van der Waals surface area contributed by atoms with E-state index in [9.17, 15) is 0 Å². The van der Waals surface area contributed by atoms with Gasteiger partial charge in [0.15, 0.2) is 0 Å². The first-order chi connectivity index (χ1) is 10.1. The monoisotopic (exact) mass is 307 g/mol. The second-order valence-corrected chi connectivity index (χ2v) is 5.52. The van der Waals surface area contributed by atoms with Crippen LogP contribution in [0.2, 0.25) is 5.02 Å². The second kappa shape index (κ2) is 6.96. The lowest BCUT2D eigenvalue weighted by Gasteiger charge is -2.21. The molecule has 1 aromatic carbocycles. The molecule has 0 radical (unpaired) electrons. The van der Waals surface area contributed by atoms with Crippen LogP contribution in [0.15, 0.2) is 24.4 Å². The Morgan fingerprint density at radius 2 is 2.19 bits per heavy atom. The van der Waals surface area contributed by atoms with Gasteiger partial charge in [0.2, 0.25) is 0 Å². The van der Waals surface area contributed by atoms with Crippen LogP contribution in [0.25, 0.3) is 0 Å². The number of aromatic nitrogens is 2. The summed E-state index contributed by atoms with van der Waals surface area (Å²) in [5, 5.41) is 8.46. The largest absolute Gasteiger partial charge is 0.496 e. The van der Waals surface area contributed by atoms with E-state index in [1.807, 2.05) is 18.7 Å². The molecule has 0 amide bonds. The molecule has 5 heteroatoms. The highest BCUT2D eigenvalue weighted by Crippen LogP contribution is 2.31. The van der Waals surface area contributed by atoms with Gasteiger partial charge in [0.1, 0.15) is 5.75 Å². The van der Waals surface area contributed by atoms with Crippen LogP contribution in [0.5, 0.6) is 5.75 Å². The number of nitrogens with zero attached hydrogens (tertiary/aromatic N) is 2. The Morgan fingerprint density at radius 3 is 2.76 bits per heavy atom. The number of halogens is 1. The molecular formula is C16H22ClN3O. The highest BCUT2D eigenvalue weighted by Gasteiger charge is 2.21. The first-order valence-corrected chi connectivity index (χ1v) is 7.51. The number of aryl methyl sites for hydroxylation is 2. The van der Waals surface area contributed by atoms with Gasteiger partial charge < -0.3 is 10.1 Å². The smallest absolute Gasteiger partial charge is 0.122 e. The molecule has 1 atom stereocenters. The lowest BCUT2D eigenvalue weighted by Crippen LogP contribution is -2.25. The number of methoxy groups -OCH3 is 1. The highest BCUT2D eigenvalue weighted by molar-refractivity contribution is 6.31. The quantitative estimate of drug-likeness (QED) is 0.888. The summed E-state index contributed by atoms with van der Waals surface area (Å²) >= 11 is 6.32. The van der Waals surface area contributed by atoms with Gasteiger partial charge in [-0.15, -0.1) is 0 Å². The van der Waals surface area contributed by atoms with Gasteiger partial charge in [0.25, 0.3) is 0 Å². The van der Waals surface area contributed by atoms with Crippen molar-refractivity contribution in [2.24, 2.45) is 7.05 Å². The number of hydrogen-bond acceptors (Lipinski definition) is 3. The SMILES string of the molecule is CCCNC(c1ccc(C)c(OC)c1)c1c(Cl)cnn1C. The van der Waals surface area contributed by atoms with Crippen LogP contribution in [0, 0.1) is 6.92 Å². The van der Waals surface area contributed by atoms with Gasteiger partial charge in [-0.2, -0.15) is 5.10 Å². The molecule has 1 aromatic heterocycles. The molecule has 0 bridgehead atoms. The van der Waals surface area contributed by atoms with Crippen LogP contribution in [0.4, 0.5) is 0 Å². The molecule has 0 saturated carbocycles. The summed E-state index contributed by atoms with van der Waals surface area (Å²) < 4.78 is 7.26. The van der Waals surface area contributed by atoms with Crippen LogP contribution >= 0.6 is 11.6 Å². The molecule has 0 aliphatic rings. The summed E-state index contributed by atoms with van der Waals surface area (Å²) in [4.78, 5) is 0. The summed E-state index contributed by atoms with van der Waals surface area (Å²) in [5.41, 5.74) is 3.21. The number of hydrogen-bond donors (Lipinski definition) is 1. The molecule has 0 aliphatic heterocycles. The Balaban J connectivity index is 2.45. The minimum atomic E-state index is -0.000509. The standard InChI is InChI=1S/C16H22ClN3O/c1-5-8-18-15(16-13(17)10-19-20(16)3)12-7-6-11(2)14(9-12)21-4/h6-7,9-10,15,18H,5,8H2,1-4H3. The zero-order valence-corrected chi connectivity index (χ0v) is 13.7. The molecule has 1 N–H and O–H groups in total. The van der Waals surface area contributed by atoms with E-state index in [1.54, 1.807) is 13.3 Å². The fourth-order valence-electron chi connectivity index (χ4n) is 2.42. The summed E-state index contributed by atoms with van der Waals surface area (Å²) in [6.45, 7) is 5.08. The van der Waals surface area contributed by atoms with Crippen molar-refractivity contribution in [2.45, 2.75) is 26.3 Å². The van der Waals surface area contributed by atoms with E-state index in [4.69, 9.17) is 16.3 Å². The minimum absolute atomic E-state index is 0.000509. The van der Waals surface area contributed by atoms with Crippen LogP contribution < -0.4 is 10.1 Å². The molecule has 114 valence electrons. The Morgan fingerprint density at radius 1 is 1.43 bits per heavy atom. The lowest BCUT2D eigenvalue weighted by atomic mass is 10.0. The second-order valence-electron chi connectivity index (χ2n) is 5.12. The minimum Gasteiger partial charge on any atom is -0.496 e. The van der Waals surface area contributed by atoms with Crippen molar-refractivity contribution >= 4 is 11.6 Å². The average molecular weight is 308 g/mol. The molecule has 2 rings (SSSR count). The van der Waals surface area contributed by atoms with Crippen LogP contribution in [0.1, 0.15) is 36.2 Å². The van der Waals surface area contributed by atoms with Gasteiger partial charge in [-0.05, 0) is 37.1 Å². The Labute approximate surface area is 131 Å². The third-order valence-electron chi connectivity index (χ3n) is 3.57. The number of rotatable bonds is 6. The molecule has 21 heavy (non-hydrogen) atoms. The van der Waals surface area contributed by atoms with Crippen LogP contribution in [-0.2, 0) is 7.05 Å². The molecular weight excluding hydrogens is 286 g/mol. The normalized spacial score (nSPS) is 12.4. The topological polar surface area (TPSA) is 39.1 Å². The van der Waals surface area contributed by atoms with Crippen LogP contribution in [-0.4, -0.2) is 23.4 Å². The van der Waals surface area contributed by atoms with Crippen molar-refractivity contribution < 1.29 is 4.74 Å². The van der Waals surface area contributed by atoms with Gasteiger partial charge in [0.05, 0.1) is 30.1 Å². The Hall–Kier alpha value is -1.52. The maximum Gasteiger partial charge on any atom is 0.122 e. The lowest BCUT2D eigenvalue weighted by molar-refractivity contribution is 0.410. The summed E-state index contributed by atoms with van der Waals surface area (Å²) in [6.07, 6.45) is 2.73. The van der Waals surface area contributed by atoms with E-state index in [0.717, 1.165) is 35.5 Å². The molecule has 0 fully saturated rings. The predicted molar refractivity (Wildman–Crippen MR) is 86.1 cm³/mol. The van der Waals surface area contributed by atoms with Crippen LogP contribution in [0.3, 0.4) is 0 Å². The summed E-state index contributed by atoms with van der Waals surface area (Å²) in [5.74, 6) is 0.883. The van der Waals surface area contributed by atoms with E-state index in [1.165, 1.54) is 0 Å². The number of ether oxygens (including phenoxy) is 1. The summed E-state index contributed by atoms with van der Waals surface area (Å²) in [6, 6.07) is 6.24. The molecule has 0 aliphatic carbocycles. The van der Waals surface area contributed by atoms with Gasteiger partial charge in [0, 0.05) is 7.05 Å². The van der Waals surface area contributed by atoms with Crippen molar-refractivity contribution in [3.63, 3.8) is 0 Å². The zero-order valence-electron chi connectivity index (χ0n) is 13.0. The van der Waals surface area contributed by atoms with E-state index >= 15 is 0 Å². The fraction of sp³-hybridized carbons (Fsp3) is 0.438. The van der Waals surface area contributed by atoms with Gasteiger partial charge in [-0.25, -0.2) is 0 Å². The van der Waals surface area contributed by atoms with Gasteiger partial charge >= 0.3 is 0 Å². The van der Waals surface area contributed by atoms with Crippen molar-refractivity contribution in [1.82, 2.24) is 15.1 Å². The van der Waals surface area contributed by atoms with E-state index in [0.29, 0.717) is 5.02 Å². The molecule has 2 aromatic rings. The first kappa shape index (κ1) is 15.9. The third-order valence-corrected chi connectivity index (χ3v) is 3.87. The van der Waals surface area contributed by atoms with Gasteiger partial charge in [-0.1, -0.05) is 30.7 Å². The third kappa shape index (κ3) is 3.39. The van der Waals surface area contributed by atoms with E-state index in [2.05, 4.69) is 35.5 Å².